The van der Waals surface area contributed by atoms with Crippen molar-refractivity contribution in [3.05, 3.63) is 88.9 Å². The summed E-state index contributed by atoms with van der Waals surface area (Å²) in [6, 6.07) is 21.0. The summed E-state index contributed by atoms with van der Waals surface area (Å²) in [7, 11) is 0. The molecule has 1 heterocycles. The van der Waals surface area contributed by atoms with Gasteiger partial charge in [0.05, 0.1) is 6.04 Å². The second-order valence-corrected chi connectivity index (χ2v) is 8.92. The van der Waals surface area contributed by atoms with Gasteiger partial charge in [0.2, 0.25) is 5.91 Å². The highest BCUT2D eigenvalue weighted by molar-refractivity contribution is 6.30. The summed E-state index contributed by atoms with van der Waals surface area (Å²) in [5, 5.41) is 0.595. The van der Waals surface area contributed by atoms with Gasteiger partial charge in [-0.15, -0.1) is 0 Å². The Balaban J connectivity index is 1.67. The molecule has 8 heteroatoms. The van der Waals surface area contributed by atoms with Crippen molar-refractivity contribution < 1.29 is 19.1 Å². The Hall–Kier alpha value is -3.84. The summed E-state index contributed by atoms with van der Waals surface area (Å²) in [6.07, 6.45) is 0.560. The van der Waals surface area contributed by atoms with Crippen molar-refractivity contribution in [2.45, 2.75) is 32.4 Å². The number of nitrogens with zero attached hydrogens (tertiary/aromatic N) is 2. The van der Waals surface area contributed by atoms with E-state index in [9.17, 15) is 14.4 Å². The summed E-state index contributed by atoms with van der Waals surface area (Å²) in [5.74, 6) is -0.374. The zero-order valence-electron chi connectivity index (χ0n) is 19.5. The molecule has 1 aliphatic rings. The van der Waals surface area contributed by atoms with Gasteiger partial charge in [-0.2, -0.15) is 0 Å². The molecule has 0 radical (unpaired) electrons. The number of carbonyl (C=O) groups is 3. The predicted octanol–water partition coefficient (Wildman–Crippen LogP) is 4.74. The molecule has 0 aliphatic carbocycles. The van der Waals surface area contributed by atoms with Crippen molar-refractivity contribution in [3.63, 3.8) is 0 Å². The summed E-state index contributed by atoms with van der Waals surface area (Å²) in [5.41, 5.74) is 8.00. The first-order valence-corrected chi connectivity index (χ1v) is 11.6. The van der Waals surface area contributed by atoms with E-state index in [0.717, 1.165) is 16.9 Å². The Morgan fingerprint density at radius 1 is 1.03 bits per heavy atom. The smallest absolute Gasteiger partial charge is 0.258 e. The van der Waals surface area contributed by atoms with Crippen LogP contribution in [0.15, 0.2) is 72.8 Å². The fraction of sp³-hybridized carbons (Fsp3) is 0.222. The van der Waals surface area contributed by atoms with E-state index in [2.05, 4.69) is 0 Å². The molecule has 0 spiro atoms. The molecule has 3 aromatic rings. The van der Waals surface area contributed by atoms with Gasteiger partial charge in [-0.05, 0) is 73.5 Å². The van der Waals surface area contributed by atoms with E-state index in [1.807, 2.05) is 43.3 Å². The lowest BCUT2D eigenvalue weighted by Crippen LogP contribution is -2.47. The molecule has 0 fully saturated rings. The van der Waals surface area contributed by atoms with Crippen molar-refractivity contribution in [1.82, 2.24) is 0 Å². The van der Waals surface area contributed by atoms with Gasteiger partial charge < -0.3 is 20.3 Å². The van der Waals surface area contributed by atoms with Crippen molar-refractivity contribution in [3.8, 4) is 5.75 Å². The Morgan fingerprint density at radius 3 is 2.31 bits per heavy atom. The number of hydrogen-bond donors (Lipinski definition) is 1. The molecule has 0 saturated heterocycles. The number of nitrogens with two attached hydrogens (primary N) is 1. The van der Waals surface area contributed by atoms with Crippen molar-refractivity contribution in [2.75, 3.05) is 16.4 Å². The van der Waals surface area contributed by atoms with E-state index >= 15 is 0 Å². The van der Waals surface area contributed by atoms with Crippen LogP contribution in [0.4, 0.5) is 11.4 Å². The van der Waals surface area contributed by atoms with Crippen molar-refractivity contribution in [2.24, 2.45) is 5.73 Å². The number of ether oxygens (including phenoxy) is 1. The Morgan fingerprint density at radius 2 is 1.69 bits per heavy atom. The Labute approximate surface area is 209 Å². The minimum Gasteiger partial charge on any atom is -0.484 e. The molecule has 0 saturated carbocycles. The molecule has 4 rings (SSSR count). The first kappa shape index (κ1) is 24.3. The normalized spacial score (nSPS) is 16.8. The molecular weight excluding hydrogens is 466 g/mol. The molecule has 3 amide bonds. The van der Waals surface area contributed by atoms with E-state index in [0.29, 0.717) is 22.8 Å². The lowest BCUT2D eigenvalue weighted by Gasteiger charge is -2.43. The average molecular weight is 492 g/mol. The maximum Gasteiger partial charge on any atom is 0.258 e. The molecular formula is C27H26ClN3O4. The van der Waals surface area contributed by atoms with Crippen molar-refractivity contribution >= 4 is 40.7 Å². The molecule has 2 N–H and O–H groups in total. The van der Waals surface area contributed by atoms with Crippen LogP contribution in [0.2, 0.25) is 5.02 Å². The summed E-state index contributed by atoms with van der Waals surface area (Å²) in [6.45, 7) is 3.29. The standard InChI is InChI=1S/C27H26ClN3O4/c1-17-15-25(31(18(2)32)21-11-9-20(28)10-12-21)23-5-3-4-6-24(23)30(17)27(34)19-7-13-22(14-8-19)35-16-26(29)33/h3-14,17,25H,15-16H2,1-2H3,(H2,29,33). The van der Waals surface area contributed by atoms with E-state index in [4.69, 9.17) is 22.1 Å². The highest BCUT2D eigenvalue weighted by Crippen LogP contribution is 2.42. The number of hydrogen-bond acceptors (Lipinski definition) is 4. The highest BCUT2D eigenvalue weighted by Gasteiger charge is 2.38. The Bertz CT molecular complexity index is 1240. The third-order valence-corrected chi connectivity index (χ3v) is 6.27. The molecule has 0 aromatic heterocycles. The lowest BCUT2D eigenvalue weighted by molar-refractivity contribution is -0.120. The largest absolute Gasteiger partial charge is 0.484 e. The zero-order chi connectivity index (χ0) is 25.1. The molecule has 7 nitrogen and oxygen atoms in total. The van der Waals surface area contributed by atoms with Crippen LogP contribution in [0.1, 0.15) is 42.2 Å². The van der Waals surface area contributed by atoms with Gasteiger partial charge in [-0.3, -0.25) is 14.4 Å². The van der Waals surface area contributed by atoms with Gasteiger partial charge in [-0.1, -0.05) is 29.8 Å². The van der Waals surface area contributed by atoms with Gasteiger partial charge in [0.25, 0.3) is 11.8 Å². The third-order valence-electron chi connectivity index (χ3n) is 6.02. The van der Waals surface area contributed by atoms with Crippen LogP contribution in [-0.2, 0) is 9.59 Å². The maximum absolute atomic E-state index is 13.6. The quantitative estimate of drug-likeness (QED) is 0.539. The van der Waals surface area contributed by atoms with Crippen LogP contribution in [0, 0.1) is 0 Å². The second kappa shape index (κ2) is 10.2. The molecule has 1 aliphatic heterocycles. The number of carbonyl (C=O) groups excluding carboxylic acids is 3. The number of fused-ring (bicyclic) bond motifs is 1. The minimum atomic E-state index is -0.573. The van der Waals surface area contributed by atoms with Crippen LogP contribution in [0.25, 0.3) is 0 Å². The number of para-hydroxylation sites is 1. The summed E-state index contributed by atoms with van der Waals surface area (Å²) < 4.78 is 5.29. The molecule has 0 bridgehead atoms. The van der Waals surface area contributed by atoms with Crippen LogP contribution in [0.5, 0.6) is 5.75 Å². The van der Waals surface area contributed by atoms with Crippen LogP contribution in [-0.4, -0.2) is 30.4 Å². The number of anilines is 2. The van der Waals surface area contributed by atoms with E-state index < -0.39 is 5.91 Å². The highest BCUT2D eigenvalue weighted by atomic mass is 35.5. The van der Waals surface area contributed by atoms with Gasteiger partial charge in [-0.25, -0.2) is 0 Å². The van der Waals surface area contributed by atoms with E-state index in [1.54, 1.807) is 53.1 Å². The fourth-order valence-corrected chi connectivity index (χ4v) is 4.63. The first-order valence-electron chi connectivity index (χ1n) is 11.2. The summed E-state index contributed by atoms with van der Waals surface area (Å²) >= 11 is 6.06. The molecule has 2 atom stereocenters. The number of benzene rings is 3. The third kappa shape index (κ3) is 5.15. The SMILES string of the molecule is CC(=O)N(c1ccc(Cl)cc1)C1CC(C)N(C(=O)c2ccc(OCC(N)=O)cc2)c2ccccc21. The maximum atomic E-state index is 13.6. The lowest BCUT2D eigenvalue weighted by atomic mass is 9.89. The number of primary amides is 1. The van der Waals surface area contributed by atoms with E-state index in [-0.39, 0.29) is 30.5 Å². The first-order chi connectivity index (χ1) is 16.8. The summed E-state index contributed by atoms with van der Waals surface area (Å²) in [4.78, 5) is 40.8. The van der Waals surface area contributed by atoms with Crippen LogP contribution >= 0.6 is 11.6 Å². The number of halogens is 1. The van der Waals surface area contributed by atoms with Crippen molar-refractivity contribution in [1.29, 1.82) is 0 Å². The van der Waals surface area contributed by atoms with E-state index in [1.165, 1.54) is 0 Å². The fourth-order valence-electron chi connectivity index (χ4n) is 4.51. The molecule has 3 aromatic carbocycles. The van der Waals surface area contributed by atoms with Gasteiger partial charge >= 0.3 is 0 Å². The Kier molecular flexibility index (Phi) is 7.07. The number of rotatable bonds is 6. The monoisotopic (exact) mass is 491 g/mol. The average Bonchev–Trinajstić information content (AvgIpc) is 2.84. The van der Waals surface area contributed by atoms with Crippen LogP contribution in [0.3, 0.4) is 0 Å². The number of amides is 3. The molecule has 2 unspecified atom stereocenters. The predicted molar refractivity (Wildman–Crippen MR) is 136 cm³/mol. The second-order valence-electron chi connectivity index (χ2n) is 8.48. The molecule has 35 heavy (non-hydrogen) atoms. The van der Waals surface area contributed by atoms with Crippen LogP contribution < -0.4 is 20.3 Å². The van der Waals surface area contributed by atoms with Gasteiger partial charge in [0.1, 0.15) is 5.75 Å². The molecule has 180 valence electrons. The zero-order valence-corrected chi connectivity index (χ0v) is 20.2. The topological polar surface area (TPSA) is 92.9 Å². The van der Waals surface area contributed by atoms with Gasteiger partial charge in [0.15, 0.2) is 6.61 Å². The van der Waals surface area contributed by atoms with Gasteiger partial charge in [0, 0.05) is 34.9 Å². The minimum absolute atomic E-state index is 0.0920.